The van der Waals surface area contributed by atoms with Gasteiger partial charge in [-0.3, -0.25) is 14.5 Å². The molecule has 3 amide bonds. The monoisotopic (exact) mass is 578 g/mol. The second-order valence-corrected chi connectivity index (χ2v) is 11.5. The summed E-state index contributed by atoms with van der Waals surface area (Å²) >= 11 is 0. The van der Waals surface area contributed by atoms with E-state index >= 15 is 0 Å². The molecule has 2 aliphatic rings. The van der Waals surface area contributed by atoms with E-state index in [1.807, 2.05) is 4.90 Å². The number of ether oxygens (including phenoxy) is 1. The van der Waals surface area contributed by atoms with Crippen molar-refractivity contribution in [2.75, 3.05) is 29.4 Å². The molecule has 0 radical (unpaired) electrons. The van der Waals surface area contributed by atoms with Gasteiger partial charge in [-0.15, -0.1) is 0 Å². The molecule has 1 aliphatic heterocycles. The summed E-state index contributed by atoms with van der Waals surface area (Å²) in [6.45, 7) is 3.83. The standard InChI is InChI=1S/C29H34F4N4O4/c1-28(2,3)41-27(40)35-21(14-19-7-6-8-20(30)13-19)25(38)34-22-16-36(15-18-11-12-18)23-9-4-5-10-24(23)37(26(22)39)17-29(31,32)33/h4-10,13,18,21-22H,11-12,14-17H2,1-3H3,(H,34,38)(H,35,40)/t21-,22-/m1/s1. The Balaban J connectivity index is 1.63. The average molecular weight is 579 g/mol. The maximum Gasteiger partial charge on any atom is 0.408 e. The van der Waals surface area contributed by atoms with Crippen LogP contribution in [-0.4, -0.2) is 61.4 Å². The Morgan fingerprint density at radius 1 is 1.05 bits per heavy atom. The van der Waals surface area contributed by atoms with Crippen molar-refractivity contribution in [3.05, 3.63) is 59.9 Å². The number of alkyl halides is 3. The maximum atomic E-state index is 13.9. The van der Waals surface area contributed by atoms with Crippen LogP contribution in [0, 0.1) is 11.7 Å². The number of nitrogens with zero attached hydrogens (tertiary/aromatic N) is 2. The normalized spacial score (nSPS) is 18.3. The average Bonchev–Trinajstić information content (AvgIpc) is 3.68. The lowest BCUT2D eigenvalue weighted by molar-refractivity contribution is -0.135. The predicted octanol–water partition coefficient (Wildman–Crippen LogP) is 4.57. The van der Waals surface area contributed by atoms with Crippen LogP contribution in [0.2, 0.25) is 0 Å². The number of halogens is 4. The number of para-hydroxylation sites is 2. The first-order chi connectivity index (χ1) is 19.2. The smallest absolute Gasteiger partial charge is 0.408 e. The second-order valence-electron chi connectivity index (χ2n) is 11.5. The van der Waals surface area contributed by atoms with Gasteiger partial charge in [0.2, 0.25) is 5.91 Å². The van der Waals surface area contributed by atoms with Crippen LogP contribution < -0.4 is 20.4 Å². The Labute approximate surface area is 236 Å². The Hall–Kier alpha value is -3.83. The number of fused-ring (bicyclic) bond motifs is 1. The summed E-state index contributed by atoms with van der Waals surface area (Å²) in [5.74, 6) is -1.96. The highest BCUT2D eigenvalue weighted by atomic mass is 19.4. The van der Waals surface area contributed by atoms with E-state index in [2.05, 4.69) is 10.6 Å². The minimum Gasteiger partial charge on any atom is -0.444 e. The van der Waals surface area contributed by atoms with Crippen molar-refractivity contribution in [2.45, 2.75) is 63.9 Å². The number of carbonyl (C=O) groups excluding carboxylic acids is 3. The largest absolute Gasteiger partial charge is 0.444 e. The molecule has 12 heteroatoms. The second kappa shape index (κ2) is 12.0. The van der Waals surface area contributed by atoms with Crippen LogP contribution in [0.4, 0.5) is 33.7 Å². The summed E-state index contributed by atoms with van der Waals surface area (Å²) in [4.78, 5) is 42.3. The molecule has 8 nitrogen and oxygen atoms in total. The fraction of sp³-hybridized carbons (Fsp3) is 0.483. The van der Waals surface area contributed by atoms with Crippen LogP contribution in [0.25, 0.3) is 0 Å². The first kappa shape index (κ1) is 30.1. The maximum absolute atomic E-state index is 13.9. The van der Waals surface area contributed by atoms with Crippen molar-refractivity contribution < 1.29 is 36.7 Å². The van der Waals surface area contributed by atoms with E-state index < -0.39 is 54.1 Å². The van der Waals surface area contributed by atoms with E-state index in [0.29, 0.717) is 28.6 Å². The van der Waals surface area contributed by atoms with E-state index in [0.717, 1.165) is 12.8 Å². The topological polar surface area (TPSA) is 91.0 Å². The van der Waals surface area contributed by atoms with Crippen LogP contribution in [-0.2, 0) is 20.7 Å². The summed E-state index contributed by atoms with van der Waals surface area (Å²) in [7, 11) is 0. The number of benzene rings is 2. The Morgan fingerprint density at radius 2 is 1.73 bits per heavy atom. The van der Waals surface area contributed by atoms with Crippen molar-refractivity contribution in [1.82, 2.24) is 10.6 Å². The number of amides is 3. The molecule has 0 spiro atoms. The van der Waals surface area contributed by atoms with Crippen LogP contribution >= 0.6 is 0 Å². The molecule has 222 valence electrons. The fourth-order valence-electron chi connectivity index (χ4n) is 4.73. The van der Waals surface area contributed by atoms with E-state index in [1.165, 1.54) is 24.3 Å². The van der Waals surface area contributed by atoms with E-state index in [-0.39, 0.29) is 18.7 Å². The van der Waals surface area contributed by atoms with Gasteiger partial charge < -0.3 is 20.3 Å². The molecule has 0 unspecified atom stereocenters. The molecule has 1 saturated carbocycles. The third-order valence-corrected chi connectivity index (χ3v) is 6.65. The van der Waals surface area contributed by atoms with Crippen LogP contribution in [0.3, 0.4) is 0 Å². The molecule has 2 aromatic rings. The lowest BCUT2D eigenvalue weighted by Crippen LogP contribution is -2.58. The van der Waals surface area contributed by atoms with Gasteiger partial charge in [0.05, 0.1) is 11.4 Å². The molecule has 1 aliphatic carbocycles. The van der Waals surface area contributed by atoms with Crippen molar-refractivity contribution in [3.8, 4) is 0 Å². The summed E-state index contributed by atoms with van der Waals surface area (Å²) < 4.78 is 60.1. The molecule has 0 saturated heterocycles. The van der Waals surface area contributed by atoms with Crippen molar-refractivity contribution in [3.63, 3.8) is 0 Å². The van der Waals surface area contributed by atoms with E-state index in [1.54, 1.807) is 45.0 Å². The molecular weight excluding hydrogens is 544 g/mol. The highest BCUT2D eigenvalue weighted by Crippen LogP contribution is 2.38. The van der Waals surface area contributed by atoms with Crippen LogP contribution in [0.5, 0.6) is 0 Å². The molecular formula is C29H34F4N4O4. The molecule has 0 aromatic heterocycles. The van der Waals surface area contributed by atoms with Crippen LogP contribution in [0.1, 0.15) is 39.2 Å². The number of anilines is 2. The highest BCUT2D eigenvalue weighted by Gasteiger charge is 2.42. The molecule has 1 fully saturated rings. The minimum atomic E-state index is -4.69. The van der Waals surface area contributed by atoms with Crippen molar-refractivity contribution in [2.24, 2.45) is 5.92 Å². The number of rotatable bonds is 8. The molecule has 0 bridgehead atoms. The first-order valence-electron chi connectivity index (χ1n) is 13.4. The Morgan fingerprint density at radius 3 is 2.34 bits per heavy atom. The number of carbonyl (C=O) groups is 3. The highest BCUT2D eigenvalue weighted by molar-refractivity contribution is 6.04. The molecule has 2 N–H and O–H groups in total. The van der Waals surface area contributed by atoms with Gasteiger partial charge in [-0.2, -0.15) is 13.2 Å². The zero-order valence-corrected chi connectivity index (χ0v) is 23.1. The number of nitrogens with one attached hydrogen (secondary N) is 2. The number of hydrogen-bond acceptors (Lipinski definition) is 5. The summed E-state index contributed by atoms with van der Waals surface area (Å²) in [6, 6.07) is 9.15. The molecule has 1 heterocycles. The number of hydrogen-bond donors (Lipinski definition) is 2. The summed E-state index contributed by atoms with van der Waals surface area (Å²) in [6.07, 6.45) is -3.83. The Kier molecular flexibility index (Phi) is 8.79. The van der Waals surface area contributed by atoms with Crippen LogP contribution in [0.15, 0.2) is 48.5 Å². The zero-order valence-electron chi connectivity index (χ0n) is 23.1. The molecule has 2 atom stereocenters. The minimum absolute atomic E-state index is 0.0639. The lowest BCUT2D eigenvalue weighted by Gasteiger charge is -2.28. The molecule has 41 heavy (non-hydrogen) atoms. The third kappa shape index (κ3) is 8.58. The zero-order chi connectivity index (χ0) is 29.9. The van der Waals surface area contributed by atoms with Gasteiger partial charge in [-0.1, -0.05) is 24.3 Å². The van der Waals surface area contributed by atoms with E-state index in [4.69, 9.17) is 4.74 Å². The van der Waals surface area contributed by atoms with Gasteiger partial charge in [0.15, 0.2) is 0 Å². The van der Waals surface area contributed by atoms with Gasteiger partial charge in [0, 0.05) is 19.5 Å². The quantitative estimate of drug-likeness (QED) is 0.448. The van der Waals surface area contributed by atoms with Gasteiger partial charge in [0.1, 0.15) is 30.0 Å². The van der Waals surface area contributed by atoms with Crippen molar-refractivity contribution in [1.29, 1.82) is 0 Å². The van der Waals surface area contributed by atoms with Gasteiger partial charge in [0.25, 0.3) is 5.91 Å². The van der Waals surface area contributed by atoms with Gasteiger partial charge in [-0.05, 0) is 69.4 Å². The van der Waals surface area contributed by atoms with Crippen molar-refractivity contribution >= 4 is 29.3 Å². The first-order valence-corrected chi connectivity index (χ1v) is 13.4. The van der Waals surface area contributed by atoms with Gasteiger partial charge in [-0.25, -0.2) is 9.18 Å². The third-order valence-electron chi connectivity index (χ3n) is 6.65. The number of alkyl carbamates (subject to hydrolysis) is 1. The SMILES string of the molecule is CC(C)(C)OC(=O)N[C@H](Cc1cccc(F)c1)C(=O)N[C@@H]1CN(CC2CC2)c2ccccc2N(CC(F)(F)F)C1=O. The summed E-state index contributed by atoms with van der Waals surface area (Å²) in [5.41, 5.74) is 0.0798. The Bertz CT molecular complexity index is 1280. The lowest BCUT2D eigenvalue weighted by atomic mass is 10.0. The predicted molar refractivity (Wildman–Crippen MR) is 145 cm³/mol. The van der Waals surface area contributed by atoms with E-state index in [9.17, 15) is 31.9 Å². The summed E-state index contributed by atoms with van der Waals surface area (Å²) in [5, 5.41) is 5.05. The molecule has 2 aromatic carbocycles. The molecule has 4 rings (SSSR count). The fourth-order valence-corrected chi connectivity index (χ4v) is 4.73. The van der Waals surface area contributed by atoms with Gasteiger partial charge >= 0.3 is 12.3 Å².